The van der Waals surface area contributed by atoms with Gasteiger partial charge in [-0.05, 0) is 26.2 Å². The third-order valence-corrected chi connectivity index (χ3v) is 5.11. The maximum Gasteiger partial charge on any atom is 0.273 e. The van der Waals surface area contributed by atoms with E-state index in [1.807, 2.05) is 17.2 Å². The molecular weight excluding hydrogens is 288 g/mol. The lowest BCUT2D eigenvalue weighted by Gasteiger charge is -2.50. The van der Waals surface area contributed by atoms with Crippen molar-refractivity contribution in [3.8, 4) is 0 Å². The summed E-state index contributed by atoms with van der Waals surface area (Å²) >= 11 is 1.46. The van der Waals surface area contributed by atoms with Gasteiger partial charge in [0.05, 0.1) is 18.2 Å². The molecule has 2 aliphatic rings. The number of nitrogens with zero attached hydrogens (tertiary/aromatic N) is 2. The molecule has 6 heteroatoms. The topological polar surface area (TPSA) is 51.7 Å². The van der Waals surface area contributed by atoms with Crippen LogP contribution in [0.3, 0.4) is 0 Å². The van der Waals surface area contributed by atoms with Gasteiger partial charge in [0, 0.05) is 37.1 Å². The van der Waals surface area contributed by atoms with Crippen LogP contribution in [0, 0.1) is 5.41 Å². The Bertz CT molecular complexity index is 479. The van der Waals surface area contributed by atoms with Crippen LogP contribution >= 0.6 is 11.3 Å². The van der Waals surface area contributed by atoms with Crippen LogP contribution in [-0.4, -0.2) is 54.8 Å². The summed E-state index contributed by atoms with van der Waals surface area (Å²) in [5, 5.41) is 1.82. The normalized spacial score (nSPS) is 29.2. The van der Waals surface area contributed by atoms with E-state index >= 15 is 0 Å². The number of hydrogen-bond donors (Lipinski definition) is 0. The number of carbonyl (C=O) groups is 1. The average Bonchev–Trinajstić information content (AvgIpc) is 3.06. The van der Waals surface area contributed by atoms with Gasteiger partial charge in [0.25, 0.3) is 5.91 Å². The van der Waals surface area contributed by atoms with E-state index in [1.165, 1.54) is 11.3 Å². The van der Waals surface area contributed by atoms with E-state index in [2.05, 4.69) is 4.98 Å². The molecule has 2 aliphatic heterocycles. The third kappa shape index (κ3) is 2.98. The predicted molar refractivity (Wildman–Crippen MR) is 80.5 cm³/mol. The van der Waals surface area contributed by atoms with Crippen molar-refractivity contribution in [1.82, 2.24) is 9.88 Å². The molecule has 0 aliphatic carbocycles. The molecule has 0 spiro atoms. The number of aromatic nitrogens is 1. The second-order valence-corrected chi connectivity index (χ2v) is 6.57. The number of thiazole rings is 1. The van der Waals surface area contributed by atoms with Crippen molar-refractivity contribution in [3.63, 3.8) is 0 Å². The lowest BCUT2D eigenvalue weighted by molar-refractivity contribution is -0.146. The fourth-order valence-electron chi connectivity index (χ4n) is 3.46. The highest BCUT2D eigenvalue weighted by Gasteiger charge is 2.47. The van der Waals surface area contributed by atoms with E-state index in [0.29, 0.717) is 25.5 Å². The zero-order valence-electron chi connectivity index (χ0n) is 12.4. The van der Waals surface area contributed by atoms with E-state index in [-0.39, 0.29) is 17.4 Å². The smallest absolute Gasteiger partial charge is 0.273 e. The van der Waals surface area contributed by atoms with Crippen LogP contribution in [0.1, 0.15) is 36.7 Å². The van der Waals surface area contributed by atoms with Gasteiger partial charge < -0.3 is 14.4 Å². The summed E-state index contributed by atoms with van der Waals surface area (Å²) < 4.78 is 11.7. The molecule has 1 aromatic rings. The first-order valence-corrected chi connectivity index (χ1v) is 8.56. The monoisotopic (exact) mass is 310 g/mol. The Morgan fingerprint density at radius 1 is 1.67 bits per heavy atom. The number of carbonyl (C=O) groups excluding carboxylic acids is 1. The average molecular weight is 310 g/mol. The Morgan fingerprint density at radius 2 is 2.57 bits per heavy atom. The van der Waals surface area contributed by atoms with Crippen molar-refractivity contribution in [2.24, 2.45) is 5.41 Å². The zero-order valence-corrected chi connectivity index (χ0v) is 13.2. The van der Waals surface area contributed by atoms with E-state index in [1.54, 1.807) is 5.51 Å². The van der Waals surface area contributed by atoms with Gasteiger partial charge in [0.15, 0.2) is 0 Å². The molecule has 2 saturated heterocycles. The molecule has 1 aromatic heterocycles. The molecule has 0 radical (unpaired) electrons. The lowest BCUT2D eigenvalue weighted by atomic mass is 9.73. The summed E-state index contributed by atoms with van der Waals surface area (Å²) in [7, 11) is 0. The Balaban J connectivity index is 1.76. The summed E-state index contributed by atoms with van der Waals surface area (Å²) in [5.74, 6) is 0.0381. The Labute approximate surface area is 129 Å². The van der Waals surface area contributed by atoms with Gasteiger partial charge in [0.1, 0.15) is 5.69 Å². The summed E-state index contributed by atoms with van der Waals surface area (Å²) in [4.78, 5) is 18.6. The van der Waals surface area contributed by atoms with Gasteiger partial charge in [-0.15, -0.1) is 11.3 Å². The highest BCUT2D eigenvalue weighted by molar-refractivity contribution is 7.07. The first-order valence-electron chi connectivity index (χ1n) is 7.62. The second kappa shape index (κ2) is 6.42. The van der Waals surface area contributed by atoms with Crippen LogP contribution < -0.4 is 0 Å². The quantitative estimate of drug-likeness (QED) is 0.855. The van der Waals surface area contributed by atoms with Crippen LogP contribution in [0.15, 0.2) is 10.9 Å². The number of rotatable bonds is 4. The van der Waals surface area contributed by atoms with Crippen LogP contribution in [0.4, 0.5) is 0 Å². The fraction of sp³-hybridized carbons (Fsp3) is 0.733. The third-order valence-electron chi connectivity index (χ3n) is 4.52. The van der Waals surface area contributed by atoms with Gasteiger partial charge in [-0.25, -0.2) is 4.98 Å². The van der Waals surface area contributed by atoms with Crippen LogP contribution in [0.2, 0.25) is 0 Å². The Hall–Kier alpha value is -0.980. The van der Waals surface area contributed by atoms with Crippen LogP contribution in [0.25, 0.3) is 0 Å². The van der Waals surface area contributed by atoms with Crippen LogP contribution in [0.5, 0.6) is 0 Å². The minimum Gasteiger partial charge on any atom is -0.381 e. The van der Waals surface area contributed by atoms with Crippen molar-refractivity contribution < 1.29 is 14.3 Å². The Morgan fingerprint density at radius 3 is 3.33 bits per heavy atom. The molecular formula is C15H22N2O3S. The van der Waals surface area contributed by atoms with E-state index < -0.39 is 0 Å². The molecule has 2 fully saturated rings. The predicted octanol–water partition coefficient (Wildman–Crippen LogP) is 2.19. The minimum atomic E-state index is -0.0435. The molecule has 0 saturated carbocycles. The molecule has 3 heterocycles. The van der Waals surface area contributed by atoms with Crippen molar-refractivity contribution in [2.45, 2.75) is 32.3 Å². The second-order valence-electron chi connectivity index (χ2n) is 5.85. The molecule has 2 atom stereocenters. The highest BCUT2D eigenvalue weighted by atomic mass is 32.1. The first kappa shape index (κ1) is 14.9. The Kier molecular flexibility index (Phi) is 4.57. The number of piperidine rings is 1. The molecule has 0 bridgehead atoms. The van der Waals surface area contributed by atoms with Gasteiger partial charge in [-0.3, -0.25) is 4.79 Å². The van der Waals surface area contributed by atoms with Crippen molar-refractivity contribution in [1.29, 1.82) is 0 Å². The number of ether oxygens (including phenoxy) is 2. The van der Waals surface area contributed by atoms with Gasteiger partial charge in [-0.1, -0.05) is 0 Å². The van der Waals surface area contributed by atoms with Gasteiger partial charge in [0.2, 0.25) is 0 Å². The minimum absolute atomic E-state index is 0.0381. The summed E-state index contributed by atoms with van der Waals surface area (Å²) in [6, 6.07) is 0. The molecule has 0 unspecified atom stereocenters. The van der Waals surface area contributed by atoms with Crippen molar-refractivity contribution >= 4 is 17.2 Å². The first-order chi connectivity index (χ1) is 10.2. The molecule has 3 rings (SSSR count). The van der Waals surface area contributed by atoms with Gasteiger partial charge in [-0.2, -0.15) is 0 Å². The molecule has 5 nitrogen and oxygen atoms in total. The molecule has 1 amide bonds. The van der Waals surface area contributed by atoms with Crippen LogP contribution in [-0.2, 0) is 9.47 Å². The summed E-state index contributed by atoms with van der Waals surface area (Å²) in [6.07, 6.45) is 3.22. The molecule has 21 heavy (non-hydrogen) atoms. The standard InChI is InChI=1S/C15H22N2O3S/c1-2-19-10-15-5-3-7-20-13(15)4-6-17(9-15)14(18)12-8-21-11-16-12/h8,11,13H,2-7,9-10H2,1H3/t13-,15+/m1/s1. The van der Waals surface area contributed by atoms with E-state index in [4.69, 9.17) is 9.47 Å². The highest BCUT2D eigenvalue weighted by Crippen LogP contribution is 2.40. The molecule has 116 valence electrons. The van der Waals surface area contributed by atoms with E-state index in [0.717, 1.165) is 32.4 Å². The van der Waals surface area contributed by atoms with E-state index in [9.17, 15) is 4.79 Å². The fourth-order valence-corrected chi connectivity index (χ4v) is 3.99. The van der Waals surface area contributed by atoms with Gasteiger partial charge >= 0.3 is 0 Å². The number of fused-ring (bicyclic) bond motifs is 1. The molecule has 0 N–H and O–H groups in total. The van der Waals surface area contributed by atoms with Crippen molar-refractivity contribution in [3.05, 3.63) is 16.6 Å². The molecule has 0 aromatic carbocycles. The number of hydrogen-bond acceptors (Lipinski definition) is 5. The zero-order chi connectivity index (χ0) is 14.7. The number of amides is 1. The SMILES string of the molecule is CCOC[C@@]12CCCO[C@@H]1CCN(C(=O)c1cscn1)C2. The number of likely N-dealkylation sites (tertiary alicyclic amines) is 1. The largest absolute Gasteiger partial charge is 0.381 e. The maximum absolute atomic E-state index is 12.5. The maximum atomic E-state index is 12.5. The summed E-state index contributed by atoms with van der Waals surface area (Å²) in [6.45, 7) is 5.68. The lowest BCUT2D eigenvalue weighted by Crippen LogP contribution is -2.58. The van der Waals surface area contributed by atoms with Crippen molar-refractivity contribution in [2.75, 3.05) is 32.9 Å². The summed E-state index contributed by atoms with van der Waals surface area (Å²) in [5.41, 5.74) is 2.22.